The van der Waals surface area contributed by atoms with Crippen molar-refractivity contribution in [1.29, 1.82) is 0 Å². The lowest BCUT2D eigenvalue weighted by Gasteiger charge is -2.29. The lowest BCUT2D eigenvalue weighted by atomic mass is 9.78. The third-order valence-electron chi connectivity index (χ3n) is 12.2. The number of benzene rings is 3. The van der Waals surface area contributed by atoms with Gasteiger partial charge in [-0.3, -0.25) is 30.3 Å². The number of phosphoric ester groups is 1. The zero-order valence-electron chi connectivity index (χ0n) is 45.8. The Morgan fingerprint density at radius 2 is 0.635 bits per heavy atom. The van der Waals surface area contributed by atoms with E-state index in [1.165, 1.54) is 36.4 Å². The average molecular weight is 1040 g/mol. The summed E-state index contributed by atoms with van der Waals surface area (Å²) in [5.41, 5.74) is 1.56. The second-order valence-corrected chi connectivity index (χ2v) is 26.2. The highest BCUT2D eigenvalue weighted by molar-refractivity contribution is 7.48. The first kappa shape index (κ1) is 56.9. The van der Waals surface area contributed by atoms with Crippen LogP contribution in [0.25, 0.3) is 32.7 Å². The van der Waals surface area contributed by atoms with E-state index < -0.39 is 75.5 Å². The molecule has 0 aliphatic heterocycles. The number of phosphoric acid groups is 1. The normalized spacial score (nSPS) is 13.2. The lowest BCUT2D eigenvalue weighted by Crippen LogP contribution is -2.24. The van der Waals surface area contributed by atoms with Crippen molar-refractivity contribution in [2.45, 2.75) is 157 Å². The fraction of sp³-hybridized carbons (Fsp3) is 0.500. The quantitative estimate of drug-likeness (QED) is 0.0402. The first-order valence-electron chi connectivity index (χ1n) is 24.1. The third-order valence-corrected chi connectivity index (χ3v) is 13.5. The number of pyridine rings is 3. The Labute approximate surface area is 431 Å². The van der Waals surface area contributed by atoms with Gasteiger partial charge in [0.25, 0.3) is 17.1 Å². The first-order valence-corrected chi connectivity index (χ1v) is 25.6. The van der Waals surface area contributed by atoms with Gasteiger partial charge in [0.05, 0.1) is 48.0 Å². The van der Waals surface area contributed by atoms with Crippen molar-refractivity contribution >= 4 is 57.6 Å². The molecular formula is C54H69N6O13P. The van der Waals surface area contributed by atoms with Gasteiger partial charge in [0.15, 0.2) is 20.4 Å². The van der Waals surface area contributed by atoms with Gasteiger partial charge in [-0.15, -0.1) is 0 Å². The predicted molar refractivity (Wildman–Crippen MR) is 285 cm³/mol. The summed E-state index contributed by atoms with van der Waals surface area (Å²) in [5.74, 6) is 0.197. The molecule has 0 N–H and O–H groups in total. The van der Waals surface area contributed by atoms with Crippen LogP contribution >= 0.6 is 7.82 Å². The highest BCUT2D eigenvalue weighted by atomic mass is 31.2. The van der Waals surface area contributed by atoms with Crippen LogP contribution in [-0.4, -0.2) is 50.1 Å². The van der Waals surface area contributed by atoms with Crippen molar-refractivity contribution in [3.05, 3.63) is 119 Å². The molecule has 0 radical (unpaired) electrons. The summed E-state index contributed by atoms with van der Waals surface area (Å²) < 4.78 is 50.3. The van der Waals surface area contributed by atoms with Crippen molar-refractivity contribution in [1.82, 2.24) is 15.0 Å². The number of rotatable bonds is 15. The fourth-order valence-electron chi connectivity index (χ4n) is 8.49. The average Bonchev–Trinajstić information content (AvgIpc) is 3.25. The molecule has 0 unspecified atom stereocenters. The number of nitro groups is 3. The Bertz CT molecular complexity index is 2900. The van der Waals surface area contributed by atoms with E-state index in [2.05, 4.69) is 0 Å². The number of non-ortho nitro benzene ring substituents is 3. The smallest absolute Gasteiger partial charge is 0.465 e. The minimum Gasteiger partial charge on any atom is -0.465 e. The summed E-state index contributed by atoms with van der Waals surface area (Å²) in [4.78, 5) is 50.4. The van der Waals surface area contributed by atoms with Gasteiger partial charge in [0.2, 0.25) is 0 Å². The third kappa shape index (κ3) is 12.2. The minimum atomic E-state index is -4.85. The molecule has 3 aromatic heterocycles. The molecule has 20 heteroatoms. The van der Waals surface area contributed by atoms with Gasteiger partial charge in [0, 0.05) is 34.4 Å². The number of hydrogen-bond acceptors (Lipinski definition) is 16. The molecule has 74 heavy (non-hydrogen) atoms. The Morgan fingerprint density at radius 3 is 0.824 bits per heavy atom. The number of nitro benzene ring substituents is 3. The molecule has 6 aromatic rings. The molecule has 0 bridgehead atoms. The molecular weight excluding hydrogens is 972 g/mol. The van der Waals surface area contributed by atoms with Gasteiger partial charge in [-0.25, -0.2) is 33.1 Å². The van der Waals surface area contributed by atoms with Crippen LogP contribution < -0.4 is 14.2 Å². The SMILES string of the molecule is CC(C)(C)c1cc2c([N+](=O)[O-])ccc(OCOP(=O)(OCOc3ccc([N+](=O)[O-])c4cc(C(C)(C)C)c(C(C)(C)C)nc34)OCOc3ccc([N+](=O)[O-])c4cc(C(C)(C)C)c(C(C)(C)C)nc34)c2nc1C(C)(C)C. The van der Waals surface area contributed by atoms with E-state index in [9.17, 15) is 34.9 Å². The van der Waals surface area contributed by atoms with Crippen LogP contribution in [0.5, 0.6) is 17.2 Å². The fourth-order valence-corrected chi connectivity index (χ4v) is 9.26. The van der Waals surface area contributed by atoms with Crippen molar-refractivity contribution in [3.63, 3.8) is 0 Å². The summed E-state index contributed by atoms with van der Waals surface area (Å²) in [6.07, 6.45) is 0. The van der Waals surface area contributed by atoms with Gasteiger partial charge in [-0.1, -0.05) is 125 Å². The maximum absolute atomic E-state index is 14.8. The van der Waals surface area contributed by atoms with E-state index in [4.69, 9.17) is 42.7 Å². The molecule has 0 spiro atoms. The number of fused-ring (bicyclic) bond motifs is 3. The molecule has 3 heterocycles. The Kier molecular flexibility index (Phi) is 15.4. The molecule has 398 valence electrons. The van der Waals surface area contributed by atoms with Gasteiger partial charge in [0.1, 0.15) is 33.8 Å². The van der Waals surface area contributed by atoms with Crippen molar-refractivity contribution in [2.24, 2.45) is 0 Å². The van der Waals surface area contributed by atoms with Gasteiger partial charge in [-0.05, 0) is 69.3 Å². The number of aromatic nitrogens is 3. The number of nitrogens with zero attached hydrogens (tertiary/aromatic N) is 6. The molecule has 0 fully saturated rings. The molecule has 0 amide bonds. The monoisotopic (exact) mass is 1040 g/mol. The Hall–Kier alpha value is -6.40. The van der Waals surface area contributed by atoms with E-state index in [0.717, 1.165) is 16.7 Å². The van der Waals surface area contributed by atoms with Crippen LogP contribution in [0.1, 0.15) is 158 Å². The molecule has 0 saturated heterocycles. The second-order valence-electron chi connectivity index (χ2n) is 24.5. The molecule has 0 aliphatic carbocycles. The molecule has 3 aromatic carbocycles. The van der Waals surface area contributed by atoms with Crippen LogP contribution in [0, 0.1) is 30.3 Å². The molecule has 0 atom stereocenters. The van der Waals surface area contributed by atoms with E-state index in [1.54, 1.807) is 18.2 Å². The van der Waals surface area contributed by atoms with Crippen LogP contribution in [0.3, 0.4) is 0 Å². The standard InChI is InChI=1S/C54H69N6O13P/c1-49(2,3)34-25-31-37(58(61)62)19-22-40(43(31)55-46(34)52(10,11)12)68-28-71-74(67,72-29-69-41-23-20-38(59(63)64)32-26-35(50(4,5)6)47(53(13,14)15)56-44(32)41)73-30-70-42-24-21-39(60(65)66)33-27-36(51(7,8)9)48(54(16,17)18)57-45(33)42/h19-27H,28-30H2,1-18H3. The van der Waals surface area contributed by atoms with E-state index in [0.29, 0.717) is 17.1 Å². The second kappa shape index (κ2) is 20.0. The van der Waals surface area contributed by atoms with Crippen LogP contribution in [0.15, 0.2) is 54.6 Å². The van der Waals surface area contributed by atoms with Gasteiger partial charge < -0.3 is 14.2 Å². The van der Waals surface area contributed by atoms with Crippen molar-refractivity contribution in [3.8, 4) is 17.2 Å². The molecule has 0 saturated carbocycles. The largest absolute Gasteiger partial charge is 0.483 e. The number of hydrogen-bond donors (Lipinski definition) is 0. The zero-order chi connectivity index (χ0) is 55.5. The first-order chi connectivity index (χ1) is 33.8. The summed E-state index contributed by atoms with van der Waals surface area (Å²) in [7, 11) is -4.85. The van der Waals surface area contributed by atoms with Crippen molar-refractivity contribution in [2.75, 3.05) is 20.4 Å². The van der Waals surface area contributed by atoms with Crippen LogP contribution in [0.2, 0.25) is 0 Å². The van der Waals surface area contributed by atoms with Gasteiger partial charge in [-0.2, -0.15) is 0 Å². The summed E-state index contributed by atoms with van der Waals surface area (Å²) in [6, 6.07) is 13.2. The van der Waals surface area contributed by atoms with Crippen LogP contribution in [-0.2, 0) is 50.6 Å². The summed E-state index contributed by atoms with van der Waals surface area (Å²) in [5, 5.41) is 37.7. The van der Waals surface area contributed by atoms with E-state index in [-0.39, 0.29) is 67.0 Å². The van der Waals surface area contributed by atoms with E-state index >= 15 is 0 Å². The molecule has 0 aliphatic rings. The van der Waals surface area contributed by atoms with Gasteiger partial charge >= 0.3 is 7.82 Å². The topological polar surface area (TPSA) is 241 Å². The zero-order valence-corrected chi connectivity index (χ0v) is 46.6. The minimum absolute atomic E-state index is 0.0658. The Morgan fingerprint density at radius 1 is 0.405 bits per heavy atom. The van der Waals surface area contributed by atoms with Crippen LogP contribution in [0.4, 0.5) is 17.1 Å². The Balaban J connectivity index is 1.40. The lowest BCUT2D eigenvalue weighted by molar-refractivity contribution is -0.383. The maximum Gasteiger partial charge on any atom is 0.483 e. The molecule has 19 nitrogen and oxygen atoms in total. The predicted octanol–water partition coefficient (Wildman–Crippen LogP) is 14.4. The highest BCUT2D eigenvalue weighted by Crippen LogP contribution is 2.51. The molecule has 6 rings (SSSR count). The maximum atomic E-state index is 14.8. The highest BCUT2D eigenvalue weighted by Gasteiger charge is 2.35. The summed E-state index contributed by atoms with van der Waals surface area (Å²) in [6.45, 7) is 33.4. The summed E-state index contributed by atoms with van der Waals surface area (Å²) >= 11 is 0. The van der Waals surface area contributed by atoms with Crippen molar-refractivity contribution < 1.29 is 47.1 Å². The van der Waals surface area contributed by atoms with E-state index in [1.807, 2.05) is 125 Å². The number of ether oxygens (including phenoxy) is 3.